The number of nitrogens with one attached hydrogen (secondary N) is 1. The molecule has 11 heavy (non-hydrogen) atoms. The zero-order valence-electron chi connectivity index (χ0n) is 6.33. The Labute approximate surface area is 86.1 Å². The molecule has 0 radical (unpaired) electrons. The van der Waals surface area contributed by atoms with E-state index in [0.29, 0.717) is 0 Å². The molecular weight excluding hydrogens is 161 g/mol. The van der Waals surface area contributed by atoms with Gasteiger partial charge < -0.3 is 15.5 Å². The van der Waals surface area contributed by atoms with Gasteiger partial charge in [-0.1, -0.05) is 0 Å². The first-order valence-electron chi connectivity index (χ1n) is 2.81. The van der Waals surface area contributed by atoms with Gasteiger partial charge in [0.2, 0.25) is 5.91 Å². The third-order valence-electron chi connectivity index (χ3n) is 0.903. The van der Waals surface area contributed by atoms with Crippen molar-refractivity contribution in [1.82, 2.24) is 5.32 Å². The van der Waals surface area contributed by atoms with E-state index in [2.05, 4.69) is 5.32 Å². The topological polar surface area (TPSA) is 86.6 Å². The number of carbonyl (C=O) groups excluding carboxylic acids is 1. The van der Waals surface area contributed by atoms with Crippen LogP contribution in [-0.4, -0.2) is 28.8 Å². The van der Waals surface area contributed by atoms with Crippen LogP contribution in [-0.2, 0) is 4.79 Å². The van der Waals surface area contributed by atoms with Gasteiger partial charge in [-0.2, -0.15) is 0 Å². The van der Waals surface area contributed by atoms with Gasteiger partial charge in [0, 0.05) is 13.0 Å². The van der Waals surface area contributed by atoms with E-state index < -0.39 is 6.16 Å². The molecule has 58 valence electrons. The minimum absolute atomic E-state index is 0. The Bertz CT molecular complexity index is 126. The van der Waals surface area contributed by atoms with Crippen molar-refractivity contribution in [1.29, 1.82) is 0 Å². The van der Waals surface area contributed by atoms with Crippen LogP contribution in [0.4, 0.5) is 4.79 Å². The molecule has 3 N–H and O–H groups in total. The summed E-state index contributed by atoms with van der Waals surface area (Å²) in [6, 6.07) is 0. The maximum Gasteiger partial charge on any atom is 1.00 e. The Kier molecular flexibility index (Phi) is 9.51. The molecule has 1 aliphatic heterocycles. The fraction of sp³-hybridized carbons (Fsp3) is 0.600. The molecule has 1 aliphatic rings. The van der Waals surface area contributed by atoms with E-state index in [4.69, 9.17) is 15.0 Å². The minimum Gasteiger partial charge on any atom is -0.450 e. The summed E-state index contributed by atoms with van der Waals surface area (Å²) in [5, 5.41) is 16.6. The molecule has 0 unspecified atom stereocenters. The third kappa shape index (κ3) is 12.8. The van der Waals surface area contributed by atoms with E-state index >= 15 is 0 Å². The summed E-state index contributed by atoms with van der Waals surface area (Å²) in [6.07, 6.45) is -0.0706. The minimum atomic E-state index is -1.83. The first-order valence-corrected chi connectivity index (χ1v) is 2.81. The van der Waals surface area contributed by atoms with Gasteiger partial charge in [-0.3, -0.25) is 4.79 Å². The van der Waals surface area contributed by atoms with Crippen LogP contribution in [0.2, 0.25) is 0 Å². The van der Waals surface area contributed by atoms with Crippen molar-refractivity contribution in [3.8, 4) is 0 Å². The van der Waals surface area contributed by atoms with Gasteiger partial charge in [0.15, 0.2) is 0 Å². The molecule has 1 rings (SSSR count). The van der Waals surface area contributed by atoms with E-state index in [-0.39, 0.29) is 35.5 Å². The Morgan fingerprint density at radius 1 is 1.45 bits per heavy atom. The average molecular weight is 170 g/mol. The monoisotopic (exact) mass is 170 g/mol. The summed E-state index contributed by atoms with van der Waals surface area (Å²) in [7, 11) is 0. The standard InChI is InChI=1S/C4H7NO.CH2O3.Na/c6-4-2-1-3-5-4;2-1(3)4;/h1-3H2,(H,5,6);(H2,2,3,4);/q;;+1. The zero-order chi connectivity index (χ0) is 7.98. The summed E-state index contributed by atoms with van der Waals surface area (Å²) in [4.78, 5) is 18.7. The summed E-state index contributed by atoms with van der Waals surface area (Å²) in [5.74, 6) is 0.204. The normalized spacial score (nSPS) is 13.6. The number of hydrogen-bond acceptors (Lipinski definition) is 2. The molecule has 0 aliphatic carbocycles. The number of hydrogen-bond donors (Lipinski definition) is 3. The smallest absolute Gasteiger partial charge is 0.450 e. The van der Waals surface area contributed by atoms with Crippen LogP contribution in [0.3, 0.4) is 0 Å². The van der Waals surface area contributed by atoms with Crippen molar-refractivity contribution >= 4 is 12.1 Å². The fourth-order valence-corrected chi connectivity index (χ4v) is 0.565. The molecule has 0 aromatic rings. The van der Waals surface area contributed by atoms with Crippen LogP contribution in [0.15, 0.2) is 0 Å². The van der Waals surface area contributed by atoms with E-state index in [1.807, 2.05) is 0 Å². The zero-order valence-corrected chi connectivity index (χ0v) is 8.33. The number of rotatable bonds is 0. The second kappa shape index (κ2) is 7.84. The van der Waals surface area contributed by atoms with Crippen molar-refractivity contribution in [2.45, 2.75) is 12.8 Å². The molecule has 6 heteroatoms. The van der Waals surface area contributed by atoms with Crippen molar-refractivity contribution in [3.63, 3.8) is 0 Å². The van der Waals surface area contributed by atoms with Gasteiger partial charge in [0.25, 0.3) is 0 Å². The Morgan fingerprint density at radius 2 is 1.91 bits per heavy atom. The van der Waals surface area contributed by atoms with Crippen LogP contribution in [0.5, 0.6) is 0 Å². The first-order chi connectivity index (χ1) is 4.63. The second-order valence-electron chi connectivity index (χ2n) is 1.74. The predicted octanol–water partition coefficient (Wildman–Crippen LogP) is -2.88. The van der Waals surface area contributed by atoms with Crippen LogP contribution < -0.4 is 34.9 Å². The van der Waals surface area contributed by atoms with Gasteiger partial charge in [0.05, 0.1) is 0 Å². The van der Waals surface area contributed by atoms with Crippen LogP contribution in [0, 0.1) is 0 Å². The Morgan fingerprint density at radius 3 is 2.00 bits per heavy atom. The number of carboxylic acid groups (broad SMARTS) is 2. The maximum absolute atomic E-state index is 10.1. The molecule has 0 saturated carbocycles. The third-order valence-corrected chi connectivity index (χ3v) is 0.903. The van der Waals surface area contributed by atoms with Crippen molar-refractivity contribution in [2.75, 3.05) is 6.54 Å². The van der Waals surface area contributed by atoms with Crippen LogP contribution in [0.1, 0.15) is 12.8 Å². The summed E-state index contributed by atoms with van der Waals surface area (Å²) in [6.45, 7) is 0.888. The predicted molar refractivity (Wildman–Crippen MR) is 32.9 cm³/mol. The molecule has 0 bridgehead atoms. The molecule has 1 amide bonds. The first kappa shape index (κ1) is 13.3. The maximum atomic E-state index is 10.1. The average Bonchev–Trinajstić information content (AvgIpc) is 2.15. The second-order valence-corrected chi connectivity index (χ2v) is 1.74. The van der Waals surface area contributed by atoms with Gasteiger partial charge in [-0.15, -0.1) is 0 Å². The van der Waals surface area contributed by atoms with Gasteiger partial charge >= 0.3 is 35.7 Å². The van der Waals surface area contributed by atoms with E-state index in [9.17, 15) is 4.79 Å². The van der Waals surface area contributed by atoms with Crippen LogP contribution >= 0.6 is 0 Å². The Balaban J connectivity index is 0. The van der Waals surface area contributed by atoms with Crippen molar-refractivity contribution in [3.05, 3.63) is 0 Å². The molecule has 0 aromatic heterocycles. The van der Waals surface area contributed by atoms with Gasteiger partial charge in [-0.05, 0) is 6.42 Å². The molecule has 0 spiro atoms. The van der Waals surface area contributed by atoms with Crippen LogP contribution in [0.25, 0.3) is 0 Å². The quantitative estimate of drug-likeness (QED) is 0.341. The van der Waals surface area contributed by atoms with Crippen molar-refractivity contribution < 1.29 is 49.4 Å². The number of carbonyl (C=O) groups is 2. The fourth-order valence-electron chi connectivity index (χ4n) is 0.565. The number of amides is 1. The summed E-state index contributed by atoms with van der Waals surface area (Å²) in [5.41, 5.74) is 0. The largest absolute Gasteiger partial charge is 1.00 e. The van der Waals surface area contributed by atoms with E-state index in [1.54, 1.807) is 0 Å². The molecule has 5 nitrogen and oxygen atoms in total. The molecule has 0 atom stereocenters. The van der Waals surface area contributed by atoms with E-state index in [0.717, 1.165) is 19.4 Å². The molecule has 1 fully saturated rings. The van der Waals surface area contributed by atoms with E-state index in [1.165, 1.54) is 0 Å². The molecular formula is C5H9NNaO4+. The molecule has 0 aromatic carbocycles. The SMILES string of the molecule is O=C(O)O.O=C1CCCN1.[Na+]. The van der Waals surface area contributed by atoms with Gasteiger partial charge in [-0.25, -0.2) is 4.79 Å². The molecule has 1 saturated heterocycles. The summed E-state index contributed by atoms with van der Waals surface area (Å²) < 4.78 is 0. The van der Waals surface area contributed by atoms with Crippen molar-refractivity contribution in [2.24, 2.45) is 0 Å². The van der Waals surface area contributed by atoms with Gasteiger partial charge in [0.1, 0.15) is 0 Å². The molecule has 1 heterocycles. The summed E-state index contributed by atoms with van der Waals surface area (Å²) >= 11 is 0. The Hall–Kier alpha value is -0.260.